The maximum atomic E-state index is 12.4. The topological polar surface area (TPSA) is 111 Å². The van der Waals surface area contributed by atoms with Crippen LogP contribution in [0.25, 0.3) is 5.69 Å². The number of ether oxygens (including phenoxy) is 1. The molecule has 1 unspecified atom stereocenters. The van der Waals surface area contributed by atoms with E-state index in [1.165, 1.54) is 11.8 Å². The standard InChI is InChI=1S/C18H22N6O3S/c1-4-13-15(16(25)27-5-2)14(20-17(26)19-13)10-28-18-21-22-23-24(18)12-8-6-7-11(3)9-12/h6-9,13H,4-5,10H2,1-3H3,(H2,19,20,26). The van der Waals surface area contributed by atoms with Crippen LogP contribution < -0.4 is 10.6 Å². The number of aryl methyl sites for hydroxylation is 1. The Hall–Kier alpha value is -2.88. The largest absolute Gasteiger partial charge is 0.463 e. The van der Waals surface area contributed by atoms with E-state index in [0.29, 0.717) is 28.6 Å². The number of aromatic nitrogens is 4. The van der Waals surface area contributed by atoms with Crippen molar-refractivity contribution < 1.29 is 14.3 Å². The van der Waals surface area contributed by atoms with E-state index in [9.17, 15) is 9.59 Å². The summed E-state index contributed by atoms with van der Waals surface area (Å²) < 4.78 is 6.81. The molecule has 2 aromatic rings. The summed E-state index contributed by atoms with van der Waals surface area (Å²) >= 11 is 1.33. The molecule has 2 N–H and O–H groups in total. The van der Waals surface area contributed by atoms with Crippen LogP contribution >= 0.6 is 11.8 Å². The molecule has 1 aromatic heterocycles. The lowest BCUT2D eigenvalue weighted by Gasteiger charge is -2.28. The number of carbonyl (C=O) groups excluding carboxylic acids is 2. The van der Waals surface area contributed by atoms with Crippen molar-refractivity contribution in [2.45, 2.75) is 38.4 Å². The molecule has 2 amide bonds. The maximum Gasteiger partial charge on any atom is 0.337 e. The lowest BCUT2D eigenvalue weighted by Crippen LogP contribution is -2.50. The number of amides is 2. The second-order valence-electron chi connectivity index (χ2n) is 6.17. The van der Waals surface area contributed by atoms with Crippen molar-refractivity contribution in [3.63, 3.8) is 0 Å². The van der Waals surface area contributed by atoms with Crippen molar-refractivity contribution in [3.8, 4) is 5.69 Å². The number of thioether (sulfide) groups is 1. The van der Waals surface area contributed by atoms with E-state index in [1.807, 2.05) is 38.1 Å². The fraction of sp³-hybridized carbons (Fsp3) is 0.389. The molecular formula is C18H22N6O3S. The molecular weight excluding hydrogens is 380 g/mol. The number of nitrogens with one attached hydrogen (secondary N) is 2. The number of rotatable bonds is 7. The maximum absolute atomic E-state index is 12.4. The van der Waals surface area contributed by atoms with Crippen LogP contribution in [0.4, 0.5) is 4.79 Å². The van der Waals surface area contributed by atoms with Crippen LogP contribution in [0.1, 0.15) is 25.8 Å². The molecule has 2 heterocycles. The zero-order valence-corrected chi connectivity index (χ0v) is 16.7. The van der Waals surface area contributed by atoms with Gasteiger partial charge in [0.25, 0.3) is 0 Å². The lowest BCUT2D eigenvalue weighted by atomic mass is 10.0. The molecule has 28 heavy (non-hydrogen) atoms. The third kappa shape index (κ3) is 4.33. The number of tetrazole rings is 1. The molecule has 9 nitrogen and oxygen atoms in total. The molecule has 0 spiro atoms. The molecule has 1 atom stereocenters. The van der Waals surface area contributed by atoms with E-state index < -0.39 is 12.0 Å². The Kier molecular flexibility index (Phi) is 6.30. The molecule has 3 rings (SSSR count). The Bertz CT molecular complexity index is 910. The van der Waals surface area contributed by atoms with E-state index in [0.717, 1.165) is 11.3 Å². The Balaban J connectivity index is 1.86. The quantitative estimate of drug-likeness (QED) is 0.538. The Morgan fingerprint density at radius 1 is 1.36 bits per heavy atom. The van der Waals surface area contributed by atoms with E-state index in [1.54, 1.807) is 11.6 Å². The predicted molar refractivity (Wildman–Crippen MR) is 104 cm³/mol. The summed E-state index contributed by atoms with van der Waals surface area (Å²) in [7, 11) is 0. The Morgan fingerprint density at radius 2 is 2.18 bits per heavy atom. The number of hydrogen-bond donors (Lipinski definition) is 2. The fourth-order valence-corrected chi connectivity index (χ4v) is 3.76. The van der Waals surface area contributed by atoms with Crippen LogP contribution in [0, 0.1) is 6.92 Å². The monoisotopic (exact) mass is 402 g/mol. The molecule has 0 radical (unpaired) electrons. The van der Waals surface area contributed by atoms with Gasteiger partial charge in [-0.15, -0.1) is 5.10 Å². The van der Waals surface area contributed by atoms with Crippen molar-refractivity contribution in [1.82, 2.24) is 30.8 Å². The first kappa shape index (κ1) is 19.9. The van der Waals surface area contributed by atoms with Crippen LogP contribution in [0.5, 0.6) is 0 Å². The fourth-order valence-electron chi connectivity index (χ4n) is 2.90. The van der Waals surface area contributed by atoms with Gasteiger partial charge in [-0.3, -0.25) is 0 Å². The van der Waals surface area contributed by atoms with Gasteiger partial charge in [-0.2, -0.15) is 4.68 Å². The van der Waals surface area contributed by atoms with Crippen molar-refractivity contribution in [2.75, 3.05) is 12.4 Å². The van der Waals surface area contributed by atoms with Crippen molar-refractivity contribution in [2.24, 2.45) is 0 Å². The third-order valence-corrected chi connectivity index (χ3v) is 5.13. The number of benzene rings is 1. The van der Waals surface area contributed by atoms with Crippen LogP contribution in [-0.4, -0.2) is 50.6 Å². The van der Waals surface area contributed by atoms with Gasteiger partial charge in [0, 0.05) is 11.4 Å². The second-order valence-corrected chi connectivity index (χ2v) is 7.12. The predicted octanol–water partition coefficient (Wildman–Crippen LogP) is 1.97. The number of carbonyl (C=O) groups is 2. The molecule has 10 heteroatoms. The lowest BCUT2D eigenvalue weighted by molar-refractivity contribution is -0.139. The van der Waals surface area contributed by atoms with E-state index >= 15 is 0 Å². The summed E-state index contributed by atoms with van der Waals surface area (Å²) in [5.74, 6) is -0.111. The molecule has 0 bridgehead atoms. The summed E-state index contributed by atoms with van der Waals surface area (Å²) in [5.41, 5.74) is 2.88. The van der Waals surface area contributed by atoms with Gasteiger partial charge in [-0.1, -0.05) is 30.8 Å². The van der Waals surface area contributed by atoms with Gasteiger partial charge in [0.1, 0.15) is 0 Å². The smallest absolute Gasteiger partial charge is 0.337 e. The molecule has 1 aliphatic rings. The first-order valence-corrected chi connectivity index (χ1v) is 9.97. The van der Waals surface area contributed by atoms with Crippen molar-refractivity contribution >= 4 is 23.8 Å². The first-order valence-electron chi connectivity index (χ1n) is 8.99. The molecule has 0 aliphatic carbocycles. The molecule has 0 saturated carbocycles. The number of hydrogen-bond acceptors (Lipinski definition) is 7. The number of esters is 1. The van der Waals surface area contributed by atoms with Gasteiger partial charge < -0.3 is 15.4 Å². The molecule has 0 saturated heterocycles. The highest BCUT2D eigenvalue weighted by molar-refractivity contribution is 7.99. The van der Waals surface area contributed by atoms with Crippen LogP contribution in [-0.2, 0) is 9.53 Å². The van der Waals surface area contributed by atoms with Gasteiger partial charge in [0.05, 0.1) is 23.9 Å². The van der Waals surface area contributed by atoms with Crippen LogP contribution in [0.2, 0.25) is 0 Å². The SMILES string of the molecule is CCOC(=O)C1=C(CSc2nnnn2-c2cccc(C)c2)NC(=O)NC1CC. The minimum absolute atomic E-state index is 0.263. The zero-order chi connectivity index (χ0) is 20.1. The third-order valence-electron chi connectivity index (χ3n) is 4.18. The van der Waals surface area contributed by atoms with Gasteiger partial charge in [-0.05, 0) is 48.4 Å². The zero-order valence-electron chi connectivity index (χ0n) is 15.9. The summed E-state index contributed by atoms with van der Waals surface area (Å²) in [6.45, 7) is 5.91. The number of nitrogens with zero attached hydrogens (tertiary/aromatic N) is 4. The molecule has 1 aliphatic heterocycles. The molecule has 1 aromatic carbocycles. The van der Waals surface area contributed by atoms with Gasteiger partial charge in [0.15, 0.2) is 0 Å². The van der Waals surface area contributed by atoms with Gasteiger partial charge >= 0.3 is 12.0 Å². The minimum Gasteiger partial charge on any atom is -0.463 e. The average molecular weight is 402 g/mol. The summed E-state index contributed by atoms with van der Waals surface area (Å²) in [4.78, 5) is 24.4. The second kappa shape index (κ2) is 8.87. The average Bonchev–Trinajstić information content (AvgIpc) is 3.14. The minimum atomic E-state index is -0.435. The Labute approximate surface area is 166 Å². The van der Waals surface area contributed by atoms with Gasteiger partial charge in [-0.25, -0.2) is 9.59 Å². The van der Waals surface area contributed by atoms with E-state index in [4.69, 9.17) is 4.74 Å². The summed E-state index contributed by atoms with van der Waals surface area (Å²) in [6, 6.07) is 7.08. The van der Waals surface area contributed by atoms with Gasteiger partial charge in [0.2, 0.25) is 5.16 Å². The summed E-state index contributed by atoms with van der Waals surface area (Å²) in [5, 5.41) is 17.9. The number of urea groups is 1. The van der Waals surface area contributed by atoms with Crippen LogP contribution in [0.3, 0.4) is 0 Å². The highest BCUT2D eigenvalue weighted by Crippen LogP contribution is 2.25. The van der Waals surface area contributed by atoms with Crippen LogP contribution in [0.15, 0.2) is 40.7 Å². The Morgan fingerprint density at radius 3 is 2.89 bits per heavy atom. The highest BCUT2D eigenvalue weighted by Gasteiger charge is 2.31. The molecule has 148 valence electrons. The van der Waals surface area contributed by atoms with E-state index in [2.05, 4.69) is 26.2 Å². The normalized spacial score (nSPS) is 16.5. The highest BCUT2D eigenvalue weighted by atomic mass is 32.2. The summed E-state index contributed by atoms with van der Waals surface area (Å²) in [6.07, 6.45) is 0.580. The van der Waals surface area contributed by atoms with Crippen molar-refractivity contribution in [1.29, 1.82) is 0 Å². The first-order chi connectivity index (χ1) is 13.5. The molecule has 0 fully saturated rings. The van der Waals surface area contributed by atoms with E-state index in [-0.39, 0.29) is 12.6 Å². The van der Waals surface area contributed by atoms with Crippen molar-refractivity contribution in [3.05, 3.63) is 41.1 Å².